The Morgan fingerprint density at radius 3 is 2.19 bits per heavy atom. The predicted octanol–water partition coefficient (Wildman–Crippen LogP) is 3.91. The standard InChI is InChI=1S/C24H36N4O3.HI/c1-18(28(3)17-19-10-8-7-9-11-19)12-13-26-24(25-2)27-16-20-14-22(30-5)23(31-6)15-21(20)29-4;/h7-11,14-15,18H,12-13,16-17H2,1-6H3,(H2,25,26,27);1H. The van der Waals surface area contributed by atoms with Crippen LogP contribution in [0.25, 0.3) is 0 Å². The second kappa shape index (κ2) is 14.8. The predicted molar refractivity (Wildman–Crippen MR) is 142 cm³/mol. The Morgan fingerprint density at radius 2 is 1.59 bits per heavy atom. The maximum absolute atomic E-state index is 5.50. The highest BCUT2D eigenvalue weighted by Gasteiger charge is 2.13. The summed E-state index contributed by atoms with van der Waals surface area (Å²) in [4.78, 5) is 6.69. The molecule has 2 N–H and O–H groups in total. The van der Waals surface area contributed by atoms with Crippen molar-refractivity contribution in [1.29, 1.82) is 0 Å². The molecule has 2 aromatic rings. The zero-order valence-corrected chi connectivity index (χ0v) is 22.3. The van der Waals surface area contributed by atoms with Crippen molar-refractivity contribution in [3.05, 3.63) is 53.6 Å². The Hall–Kier alpha value is -2.20. The van der Waals surface area contributed by atoms with Gasteiger partial charge in [-0.15, -0.1) is 24.0 Å². The van der Waals surface area contributed by atoms with E-state index in [0.717, 1.165) is 36.8 Å². The van der Waals surface area contributed by atoms with Crippen LogP contribution in [0.1, 0.15) is 24.5 Å². The molecule has 0 spiro atoms. The Labute approximate surface area is 209 Å². The lowest BCUT2D eigenvalue weighted by Crippen LogP contribution is -2.39. The Bertz CT molecular complexity index is 833. The second-order valence-electron chi connectivity index (χ2n) is 7.41. The summed E-state index contributed by atoms with van der Waals surface area (Å²) in [7, 11) is 8.81. The van der Waals surface area contributed by atoms with Crippen molar-refractivity contribution in [3.63, 3.8) is 0 Å². The van der Waals surface area contributed by atoms with E-state index < -0.39 is 0 Å². The Kier molecular flexibility index (Phi) is 12.9. The first-order valence-corrected chi connectivity index (χ1v) is 10.5. The van der Waals surface area contributed by atoms with Crippen LogP contribution < -0.4 is 24.8 Å². The quantitative estimate of drug-likeness (QED) is 0.249. The van der Waals surface area contributed by atoms with Crippen molar-refractivity contribution in [1.82, 2.24) is 15.5 Å². The molecule has 8 heteroatoms. The molecule has 0 fully saturated rings. The highest BCUT2D eigenvalue weighted by atomic mass is 127. The minimum Gasteiger partial charge on any atom is -0.496 e. The van der Waals surface area contributed by atoms with Crippen molar-refractivity contribution in [2.45, 2.75) is 32.5 Å². The molecule has 0 heterocycles. The van der Waals surface area contributed by atoms with Gasteiger partial charge in [0.2, 0.25) is 0 Å². The lowest BCUT2D eigenvalue weighted by molar-refractivity contribution is 0.238. The summed E-state index contributed by atoms with van der Waals surface area (Å²) >= 11 is 0. The van der Waals surface area contributed by atoms with Gasteiger partial charge >= 0.3 is 0 Å². The molecule has 0 bridgehead atoms. The number of nitrogens with one attached hydrogen (secondary N) is 2. The fraction of sp³-hybridized carbons (Fsp3) is 0.458. The van der Waals surface area contributed by atoms with Gasteiger partial charge in [0, 0.05) is 44.4 Å². The largest absolute Gasteiger partial charge is 0.496 e. The fourth-order valence-corrected chi connectivity index (χ4v) is 3.28. The first-order chi connectivity index (χ1) is 15.0. The number of nitrogens with zero attached hydrogens (tertiary/aromatic N) is 2. The van der Waals surface area contributed by atoms with E-state index in [0.29, 0.717) is 24.1 Å². The summed E-state index contributed by atoms with van der Waals surface area (Å²) < 4.78 is 16.3. The molecule has 0 aliphatic rings. The SMILES string of the molecule is CN=C(NCCC(C)N(C)Cc1ccccc1)NCc1cc(OC)c(OC)cc1OC.I. The highest BCUT2D eigenvalue weighted by molar-refractivity contribution is 14.0. The van der Waals surface area contributed by atoms with Crippen LogP contribution in [0.5, 0.6) is 17.2 Å². The van der Waals surface area contributed by atoms with E-state index in [1.165, 1.54) is 5.56 Å². The lowest BCUT2D eigenvalue weighted by atomic mass is 10.1. The summed E-state index contributed by atoms with van der Waals surface area (Å²) in [6, 6.07) is 14.7. The van der Waals surface area contributed by atoms with Gasteiger partial charge in [-0.25, -0.2) is 0 Å². The van der Waals surface area contributed by atoms with Gasteiger partial charge < -0.3 is 24.8 Å². The first kappa shape index (κ1) is 27.8. The monoisotopic (exact) mass is 556 g/mol. The minimum absolute atomic E-state index is 0. The number of aliphatic imine (C=N–C) groups is 1. The minimum atomic E-state index is 0. The molecule has 1 atom stereocenters. The van der Waals surface area contributed by atoms with Gasteiger partial charge in [0.15, 0.2) is 17.5 Å². The molecule has 1 unspecified atom stereocenters. The number of hydrogen-bond donors (Lipinski definition) is 2. The molecule has 178 valence electrons. The van der Waals surface area contributed by atoms with Crippen LogP contribution in [0, 0.1) is 0 Å². The van der Waals surface area contributed by atoms with E-state index in [1.807, 2.05) is 18.2 Å². The summed E-state index contributed by atoms with van der Waals surface area (Å²) in [5.74, 6) is 2.78. The lowest BCUT2D eigenvalue weighted by Gasteiger charge is -2.25. The Morgan fingerprint density at radius 1 is 0.969 bits per heavy atom. The van der Waals surface area contributed by atoms with E-state index in [2.05, 4.69) is 58.8 Å². The van der Waals surface area contributed by atoms with E-state index in [4.69, 9.17) is 14.2 Å². The van der Waals surface area contributed by atoms with Crippen molar-refractivity contribution in [3.8, 4) is 17.2 Å². The number of benzene rings is 2. The molecule has 0 saturated carbocycles. The molecule has 0 aliphatic heterocycles. The maximum atomic E-state index is 5.50. The van der Waals surface area contributed by atoms with Gasteiger partial charge in [-0.2, -0.15) is 0 Å². The molecule has 0 amide bonds. The summed E-state index contributed by atoms with van der Waals surface area (Å²) in [5, 5.41) is 6.73. The van der Waals surface area contributed by atoms with Crippen LogP contribution >= 0.6 is 24.0 Å². The number of rotatable bonds is 11. The van der Waals surface area contributed by atoms with E-state index in [9.17, 15) is 0 Å². The zero-order chi connectivity index (χ0) is 22.6. The molecular weight excluding hydrogens is 519 g/mol. The normalized spacial score (nSPS) is 12.0. The van der Waals surface area contributed by atoms with Crippen molar-refractivity contribution in [2.24, 2.45) is 4.99 Å². The van der Waals surface area contributed by atoms with Crippen LogP contribution in [0.2, 0.25) is 0 Å². The molecule has 0 aromatic heterocycles. The Balaban J connectivity index is 0.00000512. The summed E-state index contributed by atoms with van der Waals surface area (Å²) in [5.41, 5.74) is 2.28. The number of methoxy groups -OCH3 is 3. The molecule has 32 heavy (non-hydrogen) atoms. The van der Waals surface area contributed by atoms with E-state index in [1.54, 1.807) is 28.4 Å². The molecule has 7 nitrogen and oxygen atoms in total. The summed E-state index contributed by atoms with van der Waals surface area (Å²) in [6.45, 7) is 4.55. The van der Waals surface area contributed by atoms with E-state index >= 15 is 0 Å². The smallest absolute Gasteiger partial charge is 0.191 e. The van der Waals surface area contributed by atoms with Crippen LogP contribution in [-0.2, 0) is 13.1 Å². The average Bonchev–Trinajstić information content (AvgIpc) is 2.80. The van der Waals surface area contributed by atoms with Gasteiger partial charge in [0.1, 0.15) is 5.75 Å². The van der Waals surface area contributed by atoms with Crippen LogP contribution in [-0.4, -0.2) is 58.9 Å². The number of guanidine groups is 1. The molecule has 0 radical (unpaired) electrons. The molecule has 0 aliphatic carbocycles. The van der Waals surface area contributed by atoms with Gasteiger partial charge in [0.25, 0.3) is 0 Å². The fourth-order valence-electron chi connectivity index (χ4n) is 3.28. The summed E-state index contributed by atoms with van der Waals surface area (Å²) in [6.07, 6.45) is 1.00. The van der Waals surface area contributed by atoms with Crippen LogP contribution in [0.3, 0.4) is 0 Å². The van der Waals surface area contributed by atoms with Gasteiger partial charge in [-0.1, -0.05) is 30.3 Å². The average molecular weight is 556 g/mol. The van der Waals surface area contributed by atoms with Gasteiger partial charge in [-0.3, -0.25) is 9.89 Å². The zero-order valence-electron chi connectivity index (χ0n) is 20.0. The molecule has 0 saturated heterocycles. The van der Waals surface area contributed by atoms with Crippen molar-refractivity contribution in [2.75, 3.05) is 42.0 Å². The third-order valence-corrected chi connectivity index (χ3v) is 5.34. The topological polar surface area (TPSA) is 67.4 Å². The third-order valence-electron chi connectivity index (χ3n) is 5.34. The number of hydrogen-bond acceptors (Lipinski definition) is 5. The van der Waals surface area contributed by atoms with Gasteiger partial charge in [0.05, 0.1) is 21.3 Å². The third kappa shape index (κ3) is 8.38. The molecule has 2 aromatic carbocycles. The number of ether oxygens (including phenoxy) is 3. The van der Waals surface area contributed by atoms with Crippen LogP contribution in [0.4, 0.5) is 0 Å². The maximum Gasteiger partial charge on any atom is 0.191 e. The number of halogens is 1. The molecule has 2 rings (SSSR count). The first-order valence-electron chi connectivity index (χ1n) is 10.5. The van der Waals surface area contributed by atoms with Crippen molar-refractivity contribution < 1.29 is 14.2 Å². The van der Waals surface area contributed by atoms with Crippen LogP contribution in [0.15, 0.2) is 47.5 Å². The second-order valence-corrected chi connectivity index (χ2v) is 7.41. The van der Waals surface area contributed by atoms with Crippen molar-refractivity contribution >= 4 is 29.9 Å². The molecular formula is C24H37IN4O3. The highest BCUT2D eigenvalue weighted by Crippen LogP contribution is 2.34. The van der Waals surface area contributed by atoms with Gasteiger partial charge in [-0.05, 0) is 32.0 Å². The van der Waals surface area contributed by atoms with E-state index in [-0.39, 0.29) is 24.0 Å².